The molecule has 0 aliphatic rings. The van der Waals surface area contributed by atoms with Gasteiger partial charge in [-0.15, -0.1) is 0 Å². The minimum atomic E-state index is -0.427. The summed E-state index contributed by atoms with van der Waals surface area (Å²) in [5, 5.41) is 0. The van der Waals surface area contributed by atoms with E-state index in [9.17, 15) is 4.79 Å². The van der Waals surface area contributed by atoms with Crippen LogP contribution < -0.4 is 5.73 Å². The third kappa shape index (κ3) is 2.58. The van der Waals surface area contributed by atoms with Crippen LogP contribution in [0.1, 0.15) is 15.9 Å². The molecule has 0 fully saturated rings. The molecule has 0 radical (unpaired) electrons. The molecule has 0 bridgehead atoms. The third-order valence-electron chi connectivity index (χ3n) is 3.51. The number of aromatic nitrogens is 1. The van der Waals surface area contributed by atoms with Crippen molar-refractivity contribution in [3.05, 3.63) is 71.8 Å². The minimum absolute atomic E-state index is 0.427. The monoisotopic (exact) mass is 276 g/mol. The Balaban J connectivity index is 2.13. The van der Waals surface area contributed by atoms with Crippen molar-refractivity contribution in [2.24, 2.45) is 5.73 Å². The molecule has 0 unspecified atom stereocenters. The lowest BCUT2D eigenvalue weighted by molar-refractivity contribution is 0.100. The molecule has 104 valence electrons. The van der Waals surface area contributed by atoms with E-state index in [0.29, 0.717) is 5.56 Å². The Bertz CT molecular complexity index is 771. The fourth-order valence-electron chi connectivity index (χ4n) is 2.37. The van der Waals surface area contributed by atoms with Gasteiger partial charge in [0, 0.05) is 5.69 Å². The molecule has 0 aliphatic heterocycles. The summed E-state index contributed by atoms with van der Waals surface area (Å²) in [6.45, 7) is 2.04. The van der Waals surface area contributed by atoms with Crippen LogP contribution in [0.25, 0.3) is 22.5 Å². The number of rotatable bonds is 3. The summed E-state index contributed by atoms with van der Waals surface area (Å²) in [6.07, 6.45) is 0. The van der Waals surface area contributed by atoms with Crippen molar-refractivity contribution >= 4 is 5.91 Å². The molecule has 0 saturated heterocycles. The second-order valence-electron chi connectivity index (χ2n) is 5.07. The first-order valence-electron chi connectivity index (χ1n) is 6.80. The highest BCUT2D eigenvalue weighted by molar-refractivity contribution is 6.00. The Morgan fingerprint density at radius 3 is 2.24 bits per heavy atom. The van der Waals surface area contributed by atoms with E-state index in [0.717, 1.165) is 22.5 Å². The van der Waals surface area contributed by atoms with Crippen LogP contribution in [-0.4, -0.2) is 10.9 Å². The van der Waals surface area contributed by atoms with Crippen molar-refractivity contribution in [3.63, 3.8) is 0 Å². The SMILES string of the molecule is Cc1ccc(-c2cc(C(N)=O)c(-c3ccccc3)[nH]2)cc1. The number of amides is 1. The molecule has 3 nitrogen and oxygen atoms in total. The number of aryl methyl sites for hydroxylation is 1. The first-order chi connectivity index (χ1) is 10.1. The molecule has 0 saturated carbocycles. The predicted octanol–water partition coefficient (Wildman–Crippen LogP) is 3.76. The van der Waals surface area contributed by atoms with Gasteiger partial charge < -0.3 is 10.7 Å². The maximum atomic E-state index is 11.7. The lowest BCUT2D eigenvalue weighted by Gasteiger charge is -2.01. The van der Waals surface area contributed by atoms with Crippen LogP contribution in [0.5, 0.6) is 0 Å². The fraction of sp³-hybridized carbons (Fsp3) is 0.0556. The zero-order valence-electron chi connectivity index (χ0n) is 11.8. The first-order valence-corrected chi connectivity index (χ1v) is 6.80. The molecule has 3 aromatic rings. The molecular formula is C18H16N2O. The van der Waals surface area contributed by atoms with Gasteiger partial charge in [-0.05, 0) is 24.1 Å². The van der Waals surface area contributed by atoms with Crippen LogP contribution in [0.15, 0.2) is 60.7 Å². The smallest absolute Gasteiger partial charge is 0.250 e. The second-order valence-corrected chi connectivity index (χ2v) is 5.07. The van der Waals surface area contributed by atoms with Crippen LogP contribution in [-0.2, 0) is 0 Å². The second kappa shape index (κ2) is 5.29. The van der Waals surface area contributed by atoms with Crippen LogP contribution in [0, 0.1) is 6.92 Å². The zero-order chi connectivity index (χ0) is 14.8. The van der Waals surface area contributed by atoms with Gasteiger partial charge in [0.25, 0.3) is 5.91 Å². The maximum Gasteiger partial charge on any atom is 0.250 e. The molecule has 1 amide bonds. The number of H-pyrrole nitrogens is 1. The summed E-state index contributed by atoms with van der Waals surface area (Å²) in [4.78, 5) is 15.0. The highest BCUT2D eigenvalue weighted by atomic mass is 16.1. The van der Waals surface area contributed by atoms with Gasteiger partial charge in [0.2, 0.25) is 0 Å². The summed E-state index contributed by atoms with van der Waals surface area (Å²) >= 11 is 0. The van der Waals surface area contributed by atoms with E-state index in [1.54, 1.807) is 0 Å². The maximum absolute atomic E-state index is 11.7. The Labute approximate surface area is 123 Å². The normalized spacial score (nSPS) is 10.5. The van der Waals surface area contributed by atoms with Gasteiger partial charge in [0.05, 0.1) is 11.3 Å². The fourth-order valence-corrected chi connectivity index (χ4v) is 2.37. The molecule has 0 spiro atoms. The van der Waals surface area contributed by atoms with Gasteiger partial charge in [-0.3, -0.25) is 4.79 Å². The predicted molar refractivity (Wildman–Crippen MR) is 84.9 cm³/mol. The van der Waals surface area contributed by atoms with Crippen molar-refractivity contribution in [1.82, 2.24) is 4.98 Å². The molecular weight excluding hydrogens is 260 g/mol. The number of hydrogen-bond donors (Lipinski definition) is 2. The number of nitrogens with one attached hydrogen (secondary N) is 1. The molecule has 3 N–H and O–H groups in total. The Morgan fingerprint density at radius 1 is 0.952 bits per heavy atom. The third-order valence-corrected chi connectivity index (χ3v) is 3.51. The quantitative estimate of drug-likeness (QED) is 0.752. The van der Waals surface area contributed by atoms with E-state index in [4.69, 9.17) is 5.73 Å². The molecule has 0 aliphatic carbocycles. The molecule has 1 heterocycles. The molecule has 3 rings (SSSR count). The highest BCUT2D eigenvalue weighted by Crippen LogP contribution is 2.28. The van der Waals surface area contributed by atoms with Gasteiger partial charge in [-0.2, -0.15) is 0 Å². The number of nitrogens with two attached hydrogens (primary N) is 1. The van der Waals surface area contributed by atoms with Crippen molar-refractivity contribution in [1.29, 1.82) is 0 Å². The first kappa shape index (κ1) is 13.2. The van der Waals surface area contributed by atoms with Crippen LogP contribution in [0.2, 0.25) is 0 Å². The van der Waals surface area contributed by atoms with Crippen molar-refractivity contribution in [2.75, 3.05) is 0 Å². The van der Waals surface area contributed by atoms with Crippen molar-refractivity contribution in [2.45, 2.75) is 6.92 Å². The Morgan fingerprint density at radius 2 is 1.62 bits per heavy atom. The number of carbonyl (C=O) groups is 1. The average molecular weight is 276 g/mol. The van der Waals surface area contributed by atoms with Crippen molar-refractivity contribution < 1.29 is 4.79 Å². The van der Waals surface area contributed by atoms with Crippen molar-refractivity contribution in [3.8, 4) is 22.5 Å². The van der Waals surface area contributed by atoms with E-state index in [-0.39, 0.29) is 0 Å². The molecule has 3 heteroatoms. The standard InChI is InChI=1S/C18H16N2O/c1-12-7-9-13(10-8-12)16-11-15(18(19)21)17(20-16)14-5-3-2-4-6-14/h2-11,20H,1H3,(H2,19,21). The Kier molecular flexibility index (Phi) is 3.32. The number of hydrogen-bond acceptors (Lipinski definition) is 1. The van der Waals surface area contributed by atoms with E-state index in [1.807, 2.05) is 67.6 Å². The number of primary amides is 1. The summed E-state index contributed by atoms with van der Waals surface area (Å²) < 4.78 is 0. The molecule has 2 aromatic carbocycles. The van der Waals surface area contributed by atoms with Gasteiger partial charge in [0.1, 0.15) is 0 Å². The topological polar surface area (TPSA) is 58.9 Å². The Hall–Kier alpha value is -2.81. The number of aromatic amines is 1. The van der Waals surface area contributed by atoms with E-state index >= 15 is 0 Å². The largest absolute Gasteiger partial charge is 0.366 e. The summed E-state index contributed by atoms with van der Waals surface area (Å²) in [6, 6.07) is 19.7. The van der Waals surface area contributed by atoms with E-state index in [2.05, 4.69) is 4.98 Å². The number of benzene rings is 2. The summed E-state index contributed by atoms with van der Waals surface area (Å²) in [5.41, 5.74) is 10.9. The average Bonchev–Trinajstić information content (AvgIpc) is 2.94. The zero-order valence-corrected chi connectivity index (χ0v) is 11.8. The molecule has 21 heavy (non-hydrogen) atoms. The van der Waals surface area contributed by atoms with Gasteiger partial charge in [0.15, 0.2) is 0 Å². The van der Waals surface area contributed by atoms with Crippen LogP contribution in [0.4, 0.5) is 0 Å². The summed E-state index contributed by atoms with van der Waals surface area (Å²) in [5.74, 6) is -0.427. The highest BCUT2D eigenvalue weighted by Gasteiger charge is 2.15. The van der Waals surface area contributed by atoms with Gasteiger partial charge >= 0.3 is 0 Å². The number of carbonyl (C=O) groups excluding carboxylic acids is 1. The van der Waals surface area contributed by atoms with Crippen LogP contribution >= 0.6 is 0 Å². The lowest BCUT2D eigenvalue weighted by Crippen LogP contribution is -2.10. The van der Waals surface area contributed by atoms with Crippen LogP contribution in [0.3, 0.4) is 0 Å². The molecule has 0 atom stereocenters. The minimum Gasteiger partial charge on any atom is -0.366 e. The van der Waals surface area contributed by atoms with E-state index < -0.39 is 5.91 Å². The van der Waals surface area contributed by atoms with Gasteiger partial charge in [-0.25, -0.2) is 0 Å². The summed E-state index contributed by atoms with van der Waals surface area (Å²) in [7, 11) is 0. The lowest BCUT2D eigenvalue weighted by atomic mass is 10.1. The molecule has 1 aromatic heterocycles. The van der Waals surface area contributed by atoms with Gasteiger partial charge in [-0.1, -0.05) is 60.2 Å². The van der Waals surface area contributed by atoms with E-state index in [1.165, 1.54) is 5.56 Å².